The molecule has 2 nitrogen and oxygen atoms in total. The smallest absolute Gasteiger partial charge is 0.119 e. The van der Waals surface area contributed by atoms with Crippen LogP contribution in [0.1, 0.15) is 31.2 Å². The minimum atomic E-state index is 0.606. The van der Waals surface area contributed by atoms with Crippen LogP contribution in [0.15, 0.2) is 24.3 Å². The lowest BCUT2D eigenvalue weighted by molar-refractivity contribution is 0.00840. The van der Waals surface area contributed by atoms with Crippen LogP contribution in [-0.4, -0.2) is 19.8 Å². The molecule has 0 N–H and O–H groups in total. The van der Waals surface area contributed by atoms with Gasteiger partial charge in [0.05, 0.1) is 19.8 Å². The van der Waals surface area contributed by atoms with Crippen molar-refractivity contribution in [2.24, 2.45) is 0 Å². The molecule has 0 amide bonds. The third kappa shape index (κ3) is 2.72. The minimum absolute atomic E-state index is 0.606. The molecule has 1 fully saturated rings. The van der Waals surface area contributed by atoms with E-state index in [1.807, 2.05) is 0 Å². The van der Waals surface area contributed by atoms with Crippen LogP contribution in [0.3, 0.4) is 0 Å². The Morgan fingerprint density at radius 1 is 1.27 bits per heavy atom. The number of benzene rings is 1. The van der Waals surface area contributed by atoms with E-state index < -0.39 is 0 Å². The number of hydrogen-bond donors (Lipinski definition) is 0. The first-order valence-corrected chi connectivity index (χ1v) is 5.70. The van der Waals surface area contributed by atoms with Crippen molar-refractivity contribution in [2.75, 3.05) is 19.8 Å². The lowest BCUT2D eigenvalue weighted by Crippen LogP contribution is -2.24. The molecule has 2 heteroatoms. The second-order valence-corrected chi connectivity index (χ2v) is 4.01. The predicted octanol–water partition coefficient (Wildman–Crippen LogP) is 2.98. The summed E-state index contributed by atoms with van der Waals surface area (Å²) in [5, 5.41) is 0. The van der Waals surface area contributed by atoms with E-state index in [2.05, 4.69) is 31.2 Å². The SMILES string of the molecule is CCCCOc1ccc(C2COC2)cc1. The molecule has 1 saturated heterocycles. The van der Waals surface area contributed by atoms with Gasteiger partial charge in [-0.15, -0.1) is 0 Å². The first-order valence-electron chi connectivity index (χ1n) is 5.70. The summed E-state index contributed by atoms with van der Waals surface area (Å²) in [4.78, 5) is 0. The van der Waals surface area contributed by atoms with Crippen molar-refractivity contribution in [2.45, 2.75) is 25.7 Å². The van der Waals surface area contributed by atoms with E-state index in [-0.39, 0.29) is 0 Å². The largest absolute Gasteiger partial charge is 0.494 e. The van der Waals surface area contributed by atoms with Gasteiger partial charge in [0.15, 0.2) is 0 Å². The van der Waals surface area contributed by atoms with Gasteiger partial charge in [0.25, 0.3) is 0 Å². The van der Waals surface area contributed by atoms with Gasteiger partial charge >= 0.3 is 0 Å². The van der Waals surface area contributed by atoms with E-state index >= 15 is 0 Å². The maximum absolute atomic E-state index is 5.60. The Bertz CT molecular complexity index is 288. The number of unbranched alkanes of at least 4 members (excludes halogenated alkanes) is 1. The molecule has 0 spiro atoms. The van der Waals surface area contributed by atoms with E-state index in [1.165, 1.54) is 12.0 Å². The van der Waals surface area contributed by atoms with Gasteiger partial charge in [-0.1, -0.05) is 25.5 Å². The molecule has 1 heterocycles. The first kappa shape index (κ1) is 10.5. The summed E-state index contributed by atoms with van der Waals surface area (Å²) in [7, 11) is 0. The highest BCUT2D eigenvalue weighted by Crippen LogP contribution is 2.25. The predicted molar refractivity (Wildman–Crippen MR) is 60.4 cm³/mol. The highest BCUT2D eigenvalue weighted by atomic mass is 16.5. The summed E-state index contributed by atoms with van der Waals surface area (Å²) in [6, 6.07) is 8.41. The van der Waals surface area contributed by atoms with Crippen LogP contribution in [0.2, 0.25) is 0 Å². The molecule has 0 saturated carbocycles. The fraction of sp³-hybridized carbons (Fsp3) is 0.538. The zero-order valence-corrected chi connectivity index (χ0v) is 9.24. The molecule has 15 heavy (non-hydrogen) atoms. The lowest BCUT2D eigenvalue weighted by atomic mass is 9.98. The molecular weight excluding hydrogens is 188 g/mol. The number of ether oxygens (including phenoxy) is 2. The third-order valence-corrected chi connectivity index (χ3v) is 2.76. The Morgan fingerprint density at radius 3 is 2.53 bits per heavy atom. The summed E-state index contributed by atoms with van der Waals surface area (Å²) >= 11 is 0. The highest BCUT2D eigenvalue weighted by molar-refractivity contribution is 5.30. The molecule has 0 aliphatic carbocycles. The van der Waals surface area contributed by atoms with Crippen LogP contribution >= 0.6 is 0 Å². The van der Waals surface area contributed by atoms with Crippen molar-refractivity contribution in [3.8, 4) is 5.75 Å². The molecule has 1 aromatic rings. The Kier molecular flexibility index (Phi) is 3.62. The Labute approximate surface area is 91.2 Å². The summed E-state index contributed by atoms with van der Waals surface area (Å²) in [6.07, 6.45) is 2.30. The molecule has 0 atom stereocenters. The molecule has 0 aromatic heterocycles. The molecule has 82 valence electrons. The monoisotopic (exact) mass is 206 g/mol. The van der Waals surface area contributed by atoms with Crippen LogP contribution in [0, 0.1) is 0 Å². The fourth-order valence-electron chi connectivity index (χ4n) is 1.60. The van der Waals surface area contributed by atoms with E-state index in [9.17, 15) is 0 Å². The Balaban J connectivity index is 1.86. The van der Waals surface area contributed by atoms with Crippen LogP contribution in [-0.2, 0) is 4.74 Å². The highest BCUT2D eigenvalue weighted by Gasteiger charge is 2.19. The average Bonchev–Trinajstić information content (AvgIpc) is 2.18. The fourth-order valence-corrected chi connectivity index (χ4v) is 1.60. The van der Waals surface area contributed by atoms with E-state index in [0.29, 0.717) is 5.92 Å². The van der Waals surface area contributed by atoms with Crippen molar-refractivity contribution in [3.05, 3.63) is 29.8 Å². The van der Waals surface area contributed by atoms with Gasteiger partial charge in [-0.25, -0.2) is 0 Å². The zero-order chi connectivity index (χ0) is 10.5. The normalized spacial score (nSPS) is 16.1. The minimum Gasteiger partial charge on any atom is -0.494 e. The molecule has 1 aliphatic rings. The lowest BCUT2D eigenvalue weighted by Gasteiger charge is -2.26. The van der Waals surface area contributed by atoms with E-state index in [0.717, 1.165) is 32.0 Å². The second kappa shape index (κ2) is 5.17. The van der Waals surface area contributed by atoms with Crippen molar-refractivity contribution >= 4 is 0 Å². The average molecular weight is 206 g/mol. The molecule has 0 unspecified atom stereocenters. The van der Waals surface area contributed by atoms with Crippen LogP contribution in [0.5, 0.6) is 5.75 Å². The molecule has 2 rings (SSSR count). The molecule has 0 bridgehead atoms. The molecule has 1 aliphatic heterocycles. The summed E-state index contributed by atoms with van der Waals surface area (Å²) in [5.74, 6) is 1.59. The van der Waals surface area contributed by atoms with Gasteiger partial charge in [0, 0.05) is 5.92 Å². The van der Waals surface area contributed by atoms with Gasteiger partial charge in [-0.3, -0.25) is 0 Å². The number of hydrogen-bond acceptors (Lipinski definition) is 2. The quantitative estimate of drug-likeness (QED) is 0.689. The van der Waals surface area contributed by atoms with Crippen molar-refractivity contribution < 1.29 is 9.47 Å². The summed E-state index contributed by atoms with van der Waals surface area (Å²) < 4.78 is 10.8. The number of rotatable bonds is 5. The van der Waals surface area contributed by atoms with E-state index in [4.69, 9.17) is 9.47 Å². The van der Waals surface area contributed by atoms with Gasteiger partial charge in [-0.05, 0) is 24.1 Å². The van der Waals surface area contributed by atoms with E-state index in [1.54, 1.807) is 0 Å². The topological polar surface area (TPSA) is 18.5 Å². The van der Waals surface area contributed by atoms with Gasteiger partial charge in [-0.2, -0.15) is 0 Å². The molecular formula is C13H18O2. The standard InChI is InChI=1S/C13H18O2/c1-2-3-8-15-13-6-4-11(5-7-13)12-9-14-10-12/h4-7,12H,2-3,8-10H2,1H3. The second-order valence-electron chi connectivity index (χ2n) is 4.01. The maximum atomic E-state index is 5.60. The first-order chi connectivity index (χ1) is 7.40. The van der Waals surface area contributed by atoms with Crippen molar-refractivity contribution in [3.63, 3.8) is 0 Å². The van der Waals surface area contributed by atoms with Gasteiger partial charge in [0.1, 0.15) is 5.75 Å². The molecule has 1 aromatic carbocycles. The van der Waals surface area contributed by atoms with Crippen molar-refractivity contribution in [1.29, 1.82) is 0 Å². The van der Waals surface area contributed by atoms with Crippen molar-refractivity contribution in [1.82, 2.24) is 0 Å². The van der Waals surface area contributed by atoms with Crippen LogP contribution in [0.25, 0.3) is 0 Å². The third-order valence-electron chi connectivity index (χ3n) is 2.76. The Hall–Kier alpha value is -1.02. The van der Waals surface area contributed by atoms with Crippen LogP contribution < -0.4 is 4.74 Å². The molecule has 0 radical (unpaired) electrons. The van der Waals surface area contributed by atoms with Gasteiger partial charge in [0.2, 0.25) is 0 Å². The van der Waals surface area contributed by atoms with Gasteiger partial charge < -0.3 is 9.47 Å². The van der Waals surface area contributed by atoms with Crippen LogP contribution in [0.4, 0.5) is 0 Å². The summed E-state index contributed by atoms with van der Waals surface area (Å²) in [6.45, 7) is 4.73. The maximum Gasteiger partial charge on any atom is 0.119 e. The Morgan fingerprint density at radius 2 is 2.00 bits per heavy atom. The summed E-state index contributed by atoms with van der Waals surface area (Å²) in [5.41, 5.74) is 1.36. The zero-order valence-electron chi connectivity index (χ0n) is 9.24.